The van der Waals surface area contributed by atoms with Crippen LogP contribution in [-0.2, 0) is 4.79 Å². The van der Waals surface area contributed by atoms with Crippen molar-refractivity contribution >= 4 is 51.9 Å². The fraction of sp³-hybridized carbons (Fsp3) is 0.150. The van der Waals surface area contributed by atoms with Gasteiger partial charge in [0.05, 0.1) is 9.83 Å². The number of amides is 2. The molecule has 0 bridgehead atoms. The number of nitrogens with one attached hydrogen (secondary N) is 1. The minimum absolute atomic E-state index is 0.0411. The molecule has 2 amide bonds. The second-order valence-electron chi connectivity index (χ2n) is 6.48. The summed E-state index contributed by atoms with van der Waals surface area (Å²) in [6, 6.07) is 11.0. The Bertz CT molecular complexity index is 1130. The third-order valence-corrected chi connectivity index (χ3v) is 5.91. The number of thioether (sulfide) groups is 1. The zero-order valence-electron chi connectivity index (χ0n) is 15.9. The smallest absolute Gasteiger partial charge is 0.282 e. The van der Waals surface area contributed by atoms with E-state index in [0.717, 1.165) is 5.56 Å². The highest BCUT2D eigenvalue weighted by atomic mass is 32.2. The molecule has 0 unspecified atom stereocenters. The molecule has 2 aromatic rings. The van der Waals surface area contributed by atoms with Crippen molar-refractivity contribution < 1.29 is 24.0 Å². The normalized spacial score (nSPS) is 16.1. The number of nitro benzene ring substituents is 1. The summed E-state index contributed by atoms with van der Waals surface area (Å²) in [7, 11) is 0. The summed E-state index contributed by atoms with van der Waals surface area (Å²) >= 11 is 6.46. The van der Waals surface area contributed by atoms with Crippen molar-refractivity contribution in [2.24, 2.45) is 0 Å². The van der Waals surface area contributed by atoms with Gasteiger partial charge in [-0.2, -0.15) is 0 Å². The molecule has 0 spiro atoms. The highest BCUT2D eigenvalue weighted by molar-refractivity contribution is 8.26. The monoisotopic (exact) mass is 457 g/mol. The molecule has 2 aliphatic heterocycles. The molecule has 4 rings (SSSR count). The van der Waals surface area contributed by atoms with Crippen molar-refractivity contribution in [1.29, 1.82) is 0 Å². The number of nitro groups is 1. The van der Waals surface area contributed by atoms with Crippen molar-refractivity contribution in [3.63, 3.8) is 0 Å². The lowest BCUT2D eigenvalue weighted by Crippen LogP contribution is -2.37. The number of rotatable bonds is 6. The lowest BCUT2D eigenvalue weighted by atomic mass is 10.1. The van der Waals surface area contributed by atoms with Crippen LogP contribution < -0.4 is 14.8 Å². The van der Waals surface area contributed by atoms with E-state index in [4.69, 9.17) is 21.7 Å². The largest absolute Gasteiger partial charge is 0.454 e. The summed E-state index contributed by atoms with van der Waals surface area (Å²) in [4.78, 5) is 37.4. The molecular formula is C20H15N3O6S2. The Hall–Kier alpha value is -3.44. The first-order chi connectivity index (χ1) is 14.9. The summed E-state index contributed by atoms with van der Waals surface area (Å²) < 4.78 is 11.0. The third kappa shape index (κ3) is 4.37. The standard InChI is InChI=1S/C20H15N3O6S2/c24-18(13-3-1-2-4-14(13)23(26)27)21-7-8-22-19(25)17(31-20(22)30)10-12-5-6-15-16(9-12)29-11-28-15/h1-6,9-10H,7-8,11H2,(H,21,24). The van der Waals surface area contributed by atoms with Crippen LogP contribution in [-0.4, -0.2) is 45.8 Å². The van der Waals surface area contributed by atoms with Gasteiger partial charge in [0.2, 0.25) is 6.79 Å². The SMILES string of the molecule is O=C(NCCN1C(=O)C(=Cc2ccc3c(c2)OCO3)SC1=S)c1ccccc1[N+](=O)[O-]. The average molecular weight is 457 g/mol. The van der Waals surface area contributed by atoms with Gasteiger partial charge in [-0.05, 0) is 29.8 Å². The van der Waals surface area contributed by atoms with E-state index in [2.05, 4.69) is 5.32 Å². The van der Waals surface area contributed by atoms with Crippen LogP contribution in [0.25, 0.3) is 6.08 Å². The Kier molecular flexibility index (Phi) is 5.87. The van der Waals surface area contributed by atoms with Crippen LogP contribution in [0.3, 0.4) is 0 Å². The average Bonchev–Trinajstić information content (AvgIpc) is 3.33. The first-order valence-electron chi connectivity index (χ1n) is 9.10. The van der Waals surface area contributed by atoms with E-state index in [1.54, 1.807) is 24.3 Å². The van der Waals surface area contributed by atoms with Crippen molar-refractivity contribution in [2.75, 3.05) is 19.9 Å². The number of nitrogens with zero attached hydrogens (tertiary/aromatic N) is 2. The van der Waals surface area contributed by atoms with E-state index < -0.39 is 10.8 Å². The van der Waals surface area contributed by atoms with Gasteiger partial charge in [-0.25, -0.2) is 0 Å². The molecule has 1 fully saturated rings. The number of hydrogen-bond donors (Lipinski definition) is 1. The van der Waals surface area contributed by atoms with E-state index in [1.165, 1.54) is 34.9 Å². The van der Waals surface area contributed by atoms with Crippen LogP contribution >= 0.6 is 24.0 Å². The van der Waals surface area contributed by atoms with Crippen LogP contribution in [0.2, 0.25) is 0 Å². The quantitative estimate of drug-likeness (QED) is 0.305. The number of benzene rings is 2. The summed E-state index contributed by atoms with van der Waals surface area (Å²) in [6.07, 6.45) is 1.72. The van der Waals surface area contributed by atoms with E-state index in [-0.39, 0.29) is 37.0 Å². The first kappa shape index (κ1) is 20.8. The lowest BCUT2D eigenvalue weighted by molar-refractivity contribution is -0.385. The van der Waals surface area contributed by atoms with E-state index >= 15 is 0 Å². The van der Waals surface area contributed by atoms with Gasteiger partial charge < -0.3 is 14.8 Å². The maximum absolute atomic E-state index is 12.7. The maximum atomic E-state index is 12.7. The fourth-order valence-corrected chi connectivity index (χ4v) is 4.36. The number of ether oxygens (including phenoxy) is 2. The van der Waals surface area contributed by atoms with Crippen LogP contribution in [0.15, 0.2) is 47.4 Å². The van der Waals surface area contributed by atoms with Gasteiger partial charge in [0.25, 0.3) is 17.5 Å². The Morgan fingerprint density at radius 2 is 2.03 bits per heavy atom. The molecule has 2 aliphatic rings. The second-order valence-corrected chi connectivity index (χ2v) is 8.15. The van der Waals surface area contributed by atoms with Crippen LogP contribution in [0.4, 0.5) is 5.69 Å². The van der Waals surface area contributed by atoms with Crippen LogP contribution in [0.1, 0.15) is 15.9 Å². The van der Waals surface area contributed by atoms with Crippen molar-refractivity contribution in [1.82, 2.24) is 10.2 Å². The topological polar surface area (TPSA) is 111 Å². The number of fused-ring (bicyclic) bond motifs is 1. The minimum atomic E-state index is -0.613. The van der Waals surface area contributed by atoms with Gasteiger partial charge in [-0.3, -0.25) is 24.6 Å². The van der Waals surface area contributed by atoms with Gasteiger partial charge in [0.1, 0.15) is 9.88 Å². The van der Waals surface area contributed by atoms with E-state index in [9.17, 15) is 19.7 Å². The van der Waals surface area contributed by atoms with E-state index in [0.29, 0.717) is 20.7 Å². The molecule has 31 heavy (non-hydrogen) atoms. The molecule has 0 radical (unpaired) electrons. The molecular weight excluding hydrogens is 442 g/mol. The maximum Gasteiger partial charge on any atom is 0.282 e. The van der Waals surface area contributed by atoms with Gasteiger partial charge in [-0.15, -0.1) is 0 Å². The Labute approximate surface area is 186 Å². The number of carbonyl (C=O) groups is 2. The molecule has 0 aliphatic carbocycles. The molecule has 1 N–H and O–H groups in total. The molecule has 11 heteroatoms. The summed E-state index contributed by atoms with van der Waals surface area (Å²) in [6.45, 7) is 0.406. The number of carbonyl (C=O) groups excluding carboxylic acids is 2. The fourth-order valence-electron chi connectivity index (χ4n) is 3.05. The Morgan fingerprint density at radius 3 is 2.84 bits per heavy atom. The number of thiocarbonyl (C=S) groups is 1. The minimum Gasteiger partial charge on any atom is -0.454 e. The molecule has 158 valence electrons. The summed E-state index contributed by atoms with van der Waals surface area (Å²) in [5.41, 5.74) is 0.451. The molecule has 9 nitrogen and oxygen atoms in total. The van der Waals surface area contributed by atoms with Crippen molar-refractivity contribution in [3.05, 3.63) is 68.6 Å². The molecule has 0 saturated carbocycles. The zero-order valence-corrected chi connectivity index (χ0v) is 17.5. The second kappa shape index (κ2) is 8.74. The molecule has 2 aromatic carbocycles. The van der Waals surface area contributed by atoms with Crippen LogP contribution in [0, 0.1) is 10.1 Å². The highest BCUT2D eigenvalue weighted by Crippen LogP contribution is 2.36. The van der Waals surface area contributed by atoms with E-state index in [1.807, 2.05) is 6.07 Å². The predicted molar refractivity (Wildman–Crippen MR) is 118 cm³/mol. The number of para-hydroxylation sites is 1. The summed E-state index contributed by atoms with van der Waals surface area (Å²) in [5.74, 6) is 0.405. The van der Waals surface area contributed by atoms with Crippen molar-refractivity contribution in [3.8, 4) is 11.5 Å². The zero-order chi connectivity index (χ0) is 22.0. The highest BCUT2D eigenvalue weighted by Gasteiger charge is 2.32. The van der Waals surface area contributed by atoms with Crippen LogP contribution in [0.5, 0.6) is 11.5 Å². The van der Waals surface area contributed by atoms with Gasteiger partial charge >= 0.3 is 0 Å². The third-order valence-electron chi connectivity index (χ3n) is 4.53. The van der Waals surface area contributed by atoms with Crippen molar-refractivity contribution in [2.45, 2.75) is 0 Å². The number of hydrogen-bond acceptors (Lipinski definition) is 8. The van der Waals surface area contributed by atoms with Gasteiger partial charge in [-0.1, -0.05) is 42.2 Å². The predicted octanol–water partition coefficient (Wildman–Crippen LogP) is 2.95. The summed E-state index contributed by atoms with van der Waals surface area (Å²) in [5, 5.41) is 13.7. The Morgan fingerprint density at radius 1 is 1.26 bits per heavy atom. The molecule has 0 atom stereocenters. The van der Waals surface area contributed by atoms with Gasteiger partial charge in [0.15, 0.2) is 11.5 Å². The molecule has 1 saturated heterocycles. The van der Waals surface area contributed by atoms with Gasteiger partial charge in [0, 0.05) is 19.2 Å². The molecule has 0 aromatic heterocycles. The molecule has 2 heterocycles. The lowest BCUT2D eigenvalue weighted by Gasteiger charge is -2.14. The first-order valence-corrected chi connectivity index (χ1v) is 10.3. The Balaban J connectivity index is 1.39.